The molecule has 0 aromatic heterocycles. The zero-order valence-electron chi connectivity index (χ0n) is 40.8. The Kier molecular flexibility index (Phi) is 9.32. The van der Waals surface area contributed by atoms with Crippen molar-refractivity contribution in [2.24, 2.45) is 11.8 Å². The van der Waals surface area contributed by atoms with Gasteiger partial charge in [0, 0.05) is 27.8 Å². The Bertz CT molecular complexity index is 3010. The normalized spacial score (nSPS) is 20.2. The van der Waals surface area contributed by atoms with Crippen LogP contribution < -0.4 is 4.90 Å². The highest BCUT2D eigenvalue weighted by molar-refractivity contribution is 5.96. The number of rotatable bonds is 5. The average Bonchev–Trinajstić information content (AvgIpc) is 4.02. The molecule has 1 heteroatoms. The summed E-state index contributed by atoms with van der Waals surface area (Å²) in [5, 5.41) is 0. The summed E-state index contributed by atoms with van der Waals surface area (Å²) in [6.07, 6.45) is 5.32. The number of benzene rings is 7. The van der Waals surface area contributed by atoms with Crippen LogP contribution >= 0.6 is 0 Å². The molecule has 7 aromatic carbocycles. The summed E-state index contributed by atoms with van der Waals surface area (Å²) >= 11 is 0. The van der Waals surface area contributed by atoms with Crippen LogP contribution in [-0.2, 0) is 27.1 Å². The van der Waals surface area contributed by atoms with Gasteiger partial charge in [0.1, 0.15) is 0 Å². The molecule has 3 atom stereocenters. The minimum atomic E-state index is -0.126. The Morgan fingerprint density at radius 1 is 0.431 bits per heavy atom. The molecule has 0 aliphatic heterocycles. The molecule has 2 saturated carbocycles. The minimum Gasteiger partial charge on any atom is -0.310 e. The predicted octanol–water partition coefficient (Wildman–Crippen LogP) is 17.8. The van der Waals surface area contributed by atoms with Crippen LogP contribution in [0, 0.1) is 11.8 Å². The first-order valence-corrected chi connectivity index (χ1v) is 24.5. The molecule has 0 N–H and O–H groups in total. The van der Waals surface area contributed by atoms with Crippen molar-refractivity contribution in [2.75, 3.05) is 4.90 Å². The maximum atomic E-state index is 2.63. The van der Waals surface area contributed by atoms with Crippen molar-refractivity contribution in [1.29, 1.82) is 0 Å². The van der Waals surface area contributed by atoms with Crippen LogP contribution in [0.1, 0.15) is 141 Å². The number of hydrogen-bond donors (Lipinski definition) is 0. The van der Waals surface area contributed by atoms with Gasteiger partial charge in [0.2, 0.25) is 0 Å². The summed E-state index contributed by atoms with van der Waals surface area (Å²) in [4.78, 5) is 2.62. The lowest BCUT2D eigenvalue weighted by atomic mass is 9.67. The fourth-order valence-electron chi connectivity index (χ4n) is 12.8. The maximum absolute atomic E-state index is 2.63. The molecule has 0 amide bonds. The Morgan fingerprint density at radius 3 is 1.55 bits per heavy atom. The SMILES string of the molecule is CC(C)(C)c1cc(-c2cc(C(C)(C)C)ccc2-c2ccccc2N(c2ccc3c(c2)C(C)(C)c2ccccc2-3)c2ccc3c(c2)C2(CC4CCC2C4)c2ccccc2-3)cc(C(C)(C)C)c1. The summed E-state index contributed by atoms with van der Waals surface area (Å²) in [5.74, 6) is 1.50. The zero-order valence-corrected chi connectivity index (χ0v) is 40.8. The van der Waals surface area contributed by atoms with E-state index in [1.807, 2.05) is 0 Å². The van der Waals surface area contributed by atoms with Crippen molar-refractivity contribution >= 4 is 17.1 Å². The van der Waals surface area contributed by atoms with Gasteiger partial charge in [0.25, 0.3) is 0 Å². The van der Waals surface area contributed by atoms with Gasteiger partial charge in [-0.25, -0.2) is 0 Å². The van der Waals surface area contributed by atoms with Crippen molar-refractivity contribution in [3.63, 3.8) is 0 Å². The molecule has 328 valence electrons. The molecule has 3 unspecified atom stereocenters. The molecule has 7 aromatic rings. The van der Waals surface area contributed by atoms with Gasteiger partial charge >= 0.3 is 0 Å². The third kappa shape index (κ3) is 6.53. The summed E-state index contributed by atoms with van der Waals surface area (Å²) < 4.78 is 0. The molecule has 65 heavy (non-hydrogen) atoms. The van der Waals surface area contributed by atoms with Crippen molar-refractivity contribution < 1.29 is 0 Å². The quantitative estimate of drug-likeness (QED) is 0.167. The number of anilines is 3. The molecule has 1 spiro atoms. The van der Waals surface area contributed by atoms with Crippen molar-refractivity contribution in [3.05, 3.63) is 185 Å². The van der Waals surface area contributed by atoms with Crippen LogP contribution in [0.5, 0.6) is 0 Å². The van der Waals surface area contributed by atoms with Crippen molar-refractivity contribution in [3.8, 4) is 44.5 Å². The van der Waals surface area contributed by atoms with E-state index in [-0.39, 0.29) is 27.1 Å². The Hall–Kier alpha value is -5.66. The van der Waals surface area contributed by atoms with Crippen LogP contribution in [0.4, 0.5) is 17.1 Å². The van der Waals surface area contributed by atoms with Crippen molar-refractivity contribution in [1.82, 2.24) is 0 Å². The average molecular weight is 850 g/mol. The Morgan fingerprint density at radius 2 is 0.954 bits per heavy atom. The Balaban J connectivity index is 1.17. The second-order valence-corrected chi connectivity index (χ2v) is 23.9. The first-order chi connectivity index (χ1) is 30.8. The van der Waals surface area contributed by atoms with E-state index in [1.165, 1.54) is 115 Å². The van der Waals surface area contributed by atoms with E-state index < -0.39 is 0 Å². The molecule has 0 heterocycles. The molecule has 0 radical (unpaired) electrons. The first-order valence-electron chi connectivity index (χ1n) is 24.5. The third-order valence-electron chi connectivity index (χ3n) is 16.4. The van der Waals surface area contributed by atoms with Crippen LogP contribution in [0.3, 0.4) is 0 Å². The molecule has 0 saturated heterocycles. The van der Waals surface area contributed by atoms with Gasteiger partial charge in [-0.15, -0.1) is 0 Å². The lowest BCUT2D eigenvalue weighted by Crippen LogP contribution is -2.32. The lowest BCUT2D eigenvalue weighted by Gasteiger charge is -2.37. The fraction of sp³-hybridized carbons (Fsp3) is 0.344. The highest BCUT2D eigenvalue weighted by Gasteiger charge is 2.56. The summed E-state index contributed by atoms with van der Waals surface area (Å²) in [7, 11) is 0. The second kappa shape index (κ2) is 14.4. The molecular weight excluding hydrogens is 783 g/mol. The largest absolute Gasteiger partial charge is 0.310 e. The van der Waals surface area contributed by atoms with Gasteiger partial charge in [-0.05, 0) is 162 Å². The first kappa shape index (κ1) is 42.0. The number of para-hydroxylation sites is 1. The minimum absolute atomic E-state index is 0.00305. The maximum Gasteiger partial charge on any atom is 0.0540 e. The predicted molar refractivity (Wildman–Crippen MR) is 277 cm³/mol. The standard InChI is InChI=1S/C64H67N/c1-60(2,3)42-26-29-48(54(36-42)41-33-44(61(4,5)6)35-45(34-41)62(7,8)9)53-20-14-17-23-59(53)65(46-27-30-51-49-18-12-15-21-55(49)63(10,11)57(51)37-46)47-28-31-52-50-19-13-16-22-56(50)64(58(52)38-47)39-40-24-25-43(64)32-40/h12-23,26-31,33-38,40,43H,24-25,32,39H2,1-11H3. The summed E-state index contributed by atoms with van der Waals surface area (Å²) in [6, 6.07) is 57.3. The van der Waals surface area contributed by atoms with E-state index in [2.05, 4.69) is 227 Å². The molecule has 1 nitrogen and oxygen atoms in total. The monoisotopic (exact) mass is 850 g/mol. The molecule has 4 aliphatic rings. The van der Waals surface area contributed by atoms with Gasteiger partial charge in [-0.3, -0.25) is 0 Å². The van der Waals surface area contributed by atoms with Gasteiger partial charge in [0.15, 0.2) is 0 Å². The smallest absolute Gasteiger partial charge is 0.0540 e. The highest BCUT2D eigenvalue weighted by Crippen LogP contribution is 2.66. The molecular formula is C64H67N. The van der Waals surface area contributed by atoms with Crippen molar-refractivity contribution in [2.45, 2.75) is 129 Å². The number of fused-ring (bicyclic) bond motifs is 11. The van der Waals surface area contributed by atoms with E-state index in [0.29, 0.717) is 5.92 Å². The fourth-order valence-corrected chi connectivity index (χ4v) is 12.8. The second-order valence-electron chi connectivity index (χ2n) is 23.9. The zero-order chi connectivity index (χ0) is 45.4. The van der Waals surface area contributed by atoms with Gasteiger partial charge in [-0.2, -0.15) is 0 Å². The molecule has 4 aliphatic carbocycles. The van der Waals surface area contributed by atoms with Gasteiger partial charge in [-0.1, -0.05) is 192 Å². The topological polar surface area (TPSA) is 3.24 Å². The van der Waals surface area contributed by atoms with Crippen LogP contribution in [0.25, 0.3) is 44.5 Å². The third-order valence-corrected chi connectivity index (χ3v) is 16.4. The van der Waals surface area contributed by atoms with E-state index >= 15 is 0 Å². The van der Waals surface area contributed by atoms with E-state index in [0.717, 1.165) is 5.92 Å². The summed E-state index contributed by atoms with van der Waals surface area (Å²) in [5.41, 5.74) is 24.2. The van der Waals surface area contributed by atoms with Gasteiger partial charge < -0.3 is 4.90 Å². The van der Waals surface area contributed by atoms with Crippen LogP contribution in [0.2, 0.25) is 0 Å². The van der Waals surface area contributed by atoms with Crippen LogP contribution in [0.15, 0.2) is 146 Å². The molecule has 2 fully saturated rings. The molecule has 11 rings (SSSR count). The van der Waals surface area contributed by atoms with E-state index in [9.17, 15) is 0 Å². The van der Waals surface area contributed by atoms with E-state index in [4.69, 9.17) is 0 Å². The van der Waals surface area contributed by atoms with Crippen LogP contribution in [-0.4, -0.2) is 0 Å². The van der Waals surface area contributed by atoms with E-state index in [1.54, 1.807) is 11.1 Å². The molecule has 2 bridgehead atoms. The summed E-state index contributed by atoms with van der Waals surface area (Å²) in [6.45, 7) is 26.0. The number of hydrogen-bond acceptors (Lipinski definition) is 1. The lowest BCUT2D eigenvalue weighted by molar-refractivity contribution is 0.327. The number of nitrogens with zero attached hydrogens (tertiary/aromatic N) is 1. The Labute approximate surface area is 390 Å². The van der Waals surface area contributed by atoms with Gasteiger partial charge in [0.05, 0.1) is 5.69 Å². The highest BCUT2D eigenvalue weighted by atomic mass is 15.1.